The van der Waals surface area contributed by atoms with E-state index in [1.165, 1.54) is 17.4 Å². The number of nitrogen functional groups attached to an aromatic ring is 1. The first-order valence-electron chi connectivity index (χ1n) is 4.82. The maximum atomic E-state index is 11.5. The molecule has 0 fully saturated rings. The van der Waals surface area contributed by atoms with Gasteiger partial charge >= 0.3 is 0 Å². The number of nitrogens with one attached hydrogen (secondary N) is 2. The van der Waals surface area contributed by atoms with E-state index in [-0.39, 0.29) is 23.0 Å². The van der Waals surface area contributed by atoms with Crippen LogP contribution in [0.15, 0.2) is 27.6 Å². The topological polar surface area (TPSA) is 114 Å². The van der Waals surface area contributed by atoms with Crippen LogP contribution in [0.25, 0.3) is 0 Å². The zero-order valence-corrected chi connectivity index (χ0v) is 10.7. The van der Waals surface area contributed by atoms with Gasteiger partial charge in [0.25, 0.3) is 5.56 Å². The van der Waals surface area contributed by atoms with E-state index in [1.54, 1.807) is 11.6 Å². The lowest BCUT2D eigenvalue weighted by Crippen LogP contribution is -2.15. The fourth-order valence-electron chi connectivity index (χ4n) is 1.10. The summed E-state index contributed by atoms with van der Waals surface area (Å²) in [5, 5.41) is 5.23. The van der Waals surface area contributed by atoms with Crippen LogP contribution in [-0.4, -0.2) is 26.6 Å². The minimum absolute atomic E-state index is 0.117. The zero-order valence-electron chi connectivity index (χ0n) is 9.04. The first kappa shape index (κ1) is 12.6. The Morgan fingerprint density at radius 3 is 3.11 bits per heavy atom. The lowest BCUT2D eigenvalue weighted by atomic mass is 10.6. The van der Waals surface area contributed by atoms with E-state index in [2.05, 4.69) is 20.3 Å². The Labute approximate surface area is 110 Å². The van der Waals surface area contributed by atoms with Gasteiger partial charge in [0.2, 0.25) is 5.91 Å². The molecule has 2 heterocycles. The number of hydrogen-bond acceptors (Lipinski definition) is 7. The minimum atomic E-state index is -0.342. The maximum Gasteiger partial charge on any atom is 0.253 e. The number of thioether (sulfide) groups is 1. The van der Waals surface area contributed by atoms with Crippen molar-refractivity contribution in [3.05, 3.63) is 28.0 Å². The quantitative estimate of drug-likeness (QED) is 0.557. The van der Waals surface area contributed by atoms with Crippen LogP contribution in [0.2, 0.25) is 0 Å². The van der Waals surface area contributed by atoms with Gasteiger partial charge in [0.05, 0.1) is 5.75 Å². The maximum absolute atomic E-state index is 11.5. The molecular formula is C9H9N5O2S2. The average molecular weight is 283 g/mol. The summed E-state index contributed by atoms with van der Waals surface area (Å²) in [5.41, 5.74) is 5.08. The van der Waals surface area contributed by atoms with Crippen LogP contribution in [0.5, 0.6) is 0 Å². The first-order chi connectivity index (χ1) is 8.63. The van der Waals surface area contributed by atoms with Crippen molar-refractivity contribution in [2.75, 3.05) is 16.8 Å². The van der Waals surface area contributed by atoms with Crippen LogP contribution >= 0.6 is 23.1 Å². The predicted molar refractivity (Wildman–Crippen MR) is 70.7 cm³/mol. The van der Waals surface area contributed by atoms with E-state index >= 15 is 0 Å². The lowest BCUT2D eigenvalue weighted by molar-refractivity contribution is -0.113. The molecule has 0 aliphatic rings. The molecule has 0 unspecified atom stereocenters. The molecule has 0 saturated carbocycles. The molecule has 0 saturated heterocycles. The molecule has 94 valence electrons. The zero-order chi connectivity index (χ0) is 13.0. The van der Waals surface area contributed by atoms with Gasteiger partial charge < -0.3 is 16.0 Å². The third kappa shape index (κ3) is 3.57. The van der Waals surface area contributed by atoms with Crippen LogP contribution in [0.4, 0.5) is 10.9 Å². The van der Waals surface area contributed by atoms with Gasteiger partial charge in [-0.05, 0) is 0 Å². The fraction of sp³-hybridized carbons (Fsp3) is 0.111. The molecule has 0 aliphatic carbocycles. The molecule has 2 aromatic heterocycles. The van der Waals surface area contributed by atoms with Crippen LogP contribution in [-0.2, 0) is 4.79 Å². The molecule has 2 aromatic rings. The summed E-state index contributed by atoms with van der Waals surface area (Å²) >= 11 is 2.43. The Balaban J connectivity index is 1.91. The van der Waals surface area contributed by atoms with Crippen LogP contribution in [0.1, 0.15) is 0 Å². The number of hydrogen-bond donors (Lipinski definition) is 3. The van der Waals surface area contributed by atoms with Crippen molar-refractivity contribution >= 4 is 40.0 Å². The van der Waals surface area contributed by atoms with E-state index < -0.39 is 0 Å². The molecule has 0 bridgehead atoms. The molecule has 0 aliphatic heterocycles. The van der Waals surface area contributed by atoms with Gasteiger partial charge in [-0.15, -0.1) is 11.3 Å². The summed E-state index contributed by atoms with van der Waals surface area (Å²) in [6.45, 7) is 0. The average Bonchev–Trinajstić information content (AvgIpc) is 2.78. The van der Waals surface area contributed by atoms with E-state index in [9.17, 15) is 9.59 Å². The van der Waals surface area contributed by atoms with Crippen molar-refractivity contribution in [1.82, 2.24) is 15.0 Å². The molecule has 0 spiro atoms. The number of thiazole rings is 1. The molecule has 9 heteroatoms. The lowest BCUT2D eigenvalue weighted by Gasteiger charge is -2.01. The Kier molecular flexibility index (Phi) is 3.95. The molecule has 4 N–H and O–H groups in total. The third-order valence-corrected chi connectivity index (χ3v) is 3.32. The van der Waals surface area contributed by atoms with Crippen LogP contribution in [0.3, 0.4) is 0 Å². The summed E-state index contributed by atoms with van der Waals surface area (Å²) in [7, 11) is 0. The highest BCUT2D eigenvalue weighted by atomic mass is 32.2. The van der Waals surface area contributed by atoms with E-state index in [0.29, 0.717) is 10.3 Å². The third-order valence-electron chi connectivity index (χ3n) is 1.76. The summed E-state index contributed by atoms with van der Waals surface area (Å²) in [5.74, 6) is 0.0213. The first-order valence-corrected chi connectivity index (χ1v) is 6.69. The molecule has 0 atom stereocenters. The number of anilines is 2. The molecule has 18 heavy (non-hydrogen) atoms. The summed E-state index contributed by atoms with van der Waals surface area (Å²) in [4.78, 5) is 33.0. The highest BCUT2D eigenvalue weighted by molar-refractivity contribution is 7.99. The Bertz CT molecular complexity index is 595. The normalized spacial score (nSPS) is 10.2. The van der Waals surface area contributed by atoms with Gasteiger partial charge in [-0.1, -0.05) is 11.8 Å². The molecule has 0 aromatic carbocycles. The molecule has 1 amide bonds. The van der Waals surface area contributed by atoms with Crippen molar-refractivity contribution in [2.24, 2.45) is 0 Å². The number of amides is 1. The molecular weight excluding hydrogens is 274 g/mol. The minimum Gasteiger partial charge on any atom is -0.383 e. The Morgan fingerprint density at radius 1 is 1.61 bits per heavy atom. The van der Waals surface area contributed by atoms with Crippen molar-refractivity contribution in [2.45, 2.75) is 5.16 Å². The van der Waals surface area contributed by atoms with Gasteiger partial charge in [-0.25, -0.2) is 9.97 Å². The van der Waals surface area contributed by atoms with Crippen molar-refractivity contribution in [1.29, 1.82) is 0 Å². The SMILES string of the molecule is Nc1cc(=O)[nH]c(SCC(=O)Nc2nccs2)n1. The second kappa shape index (κ2) is 5.65. The highest BCUT2D eigenvalue weighted by Crippen LogP contribution is 2.14. The molecule has 2 rings (SSSR count). The van der Waals surface area contributed by atoms with Crippen molar-refractivity contribution in [3.8, 4) is 0 Å². The van der Waals surface area contributed by atoms with Crippen molar-refractivity contribution < 1.29 is 4.79 Å². The van der Waals surface area contributed by atoms with E-state index in [1.807, 2.05) is 0 Å². The predicted octanol–water partition coefficient (Wildman–Crippen LogP) is 0.539. The number of nitrogens with zero attached hydrogens (tertiary/aromatic N) is 2. The van der Waals surface area contributed by atoms with E-state index in [0.717, 1.165) is 11.8 Å². The van der Waals surface area contributed by atoms with Gasteiger partial charge in [0.15, 0.2) is 10.3 Å². The highest BCUT2D eigenvalue weighted by Gasteiger charge is 2.07. The van der Waals surface area contributed by atoms with E-state index in [4.69, 9.17) is 5.73 Å². The number of aromatic nitrogens is 3. The smallest absolute Gasteiger partial charge is 0.253 e. The molecule has 7 nitrogen and oxygen atoms in total. The summed E-state index contributed by atoms with van der Waals surface area (Å²) in [6, 6.07) is 1.18. The van der Waals surface area contributed by atoms with Gasteiger partial charge in [0.1, 0.15) is 5.82 Å². The molecule has 0 radical (unpaired) electrons. The Hall–Kier alpha value is -1.87. The Morgan fingerprint density at radius 2 is 2.44 bits per heavy atom. The van der Waals surface area contributed by atoms with Crippen LogP contribution < -0.4 is 16.6 Å². The van der Waals surface area contributed by atoms with Gasteiger partial charge in [-0.2, -0.15) is 0 Å². The van der Waals surface area contributed by atoms with Gasteiger partial charge in [-0.3, -0.25) is 9.59 Å². The van der Waals surface area contributed by atoms with Crippen molar-refractivity contribution in [3.63, 3.8) is 0 Å². The number of H-pyrrole nitrogens is 1. The largest absolute Gasteiger partial charge is 0.383 e. The second-order valence-corrected chi connectivity index (χ2v) is 5.01. The number of nitrogens with two attached hydrogens (primary N) is 1. The standard InChI is InChI=1S/C9H9N5O2S2/c10-5-3-6(15)13-9(12-5)18-4-7(16)14-8-11-1-2-17-8/h1-3H,4H2,(H,11,14,16)(H3,10,12,13,15). The van der Waals surface area contributed by atoms with Crippen LogP contribution in [0, 0.1) is 0 Å². The number of aromatic amines is 1. The monoisotopic (exact) mass is 283 g/mol. The second-order valence-electron chi connectivity index (χ2n) is 3.15. The fourth-order valence-corrected chi connectivity index (χ4v) is 2.32. The summed E-state index contributed by atoms with van der Waals surface area (Å²) in [6.07, 6.45) is 1.60. The summed E-state index contributed by atoms with van der Waals surface area (Å²) < 4.78 is 0. The van der Waals surface area contributed by atoms with Gasteiger partial charge in [0, 0.05) is 17.6 Å². The number of rotatable bonds is 4. The number of carbonyl (C=O) groups excluding carboxylic acids is 1. The number of carbonyl (C=O) groups is 1.